The minimum Gasteiger partial charge on any atom is -0.481 e. The maximum atomic E-state index is 10.8. The molecule has 130 valence electrons. The summed E-state index contributed by atoms with van der Waals surface area (Å²) in [5, 5.41) is 17.4. The highest BCUT2D eigenvalue weighted by molar-refractivity contribution is 6.19. The molecule has 0 aliphatic carbocycles. The van der Waals surface area contributed by atoms with Crippen molar-refractivity contribution in [2.75, 3.05) is 5.88 Å². The summed E-state index contributed by atoms with van der Waals surface area (Å²) >= 11 is 5.61. The normalized spacial score (nSPS) is 12.2. The molecule has 0 fully saturated rings. The van der Waals surface area contributed by atoms with E-state index in [4.69, 9.17) is 21.8 Å². The second-order valence-electron chi connectivity index (χ2n) is 6.01. The van der Waals surface area contributed by atoms with Crippen LogP contribution in [0.4, 0.5) is 0 Å². The van der Waals surface area contributed by atoms with Gasteiger partial charge in [0.2, 0.25) is 0 Å². The quantitative estimate of drug-likeness (QED) is 0.305. The number of carboxylic acid groups (broad SMARTS) is 2. The number of alkyl halides is 1. The van der Waals surface area contributed by atoms with Crippen molar-refractivity contribution in [3.8, 4) is 0 Å². The Morgan fingerprint density at radius 2 is 1.14 bits per heavy atom. The summed E-state index contributed by atoms with van der Waals surface area (Å²) in [6.45, 7) is 0. The first-order valence-electron chi connectivity index (χ1n) is 8.58. The predicted molar refractivity (Wildman–Crippen MR) is 89.5 cm³/mol. The van der Waals surface area contributed by atoms with Crippen LogP contribution in [0.25, 0.3) is 0 Å². The molecule has 0 aliphatic heterocycles. The number of aliphatic carboxylic acids is 2. The van der Waals surface area contributed by atoms with Crippen LogP contribution in [-0.2, 0) is 9.59 Å². The van der Waals surface area contributed by atoms with Gasteiger partial charge in [0.1, 0.15) is 0 Å². The molecule has 0 amide bonds. The predicted octanol–water partition coefficient (Wildman–Crippen LogP) is 5.08. The minimum absolute atomic E-state index is 0.210. The minimum atomic E-state index is -0.779. The Morgan fingerprint density at radius 3 is 1.50 bits per heavy atom. The number of halogens is 1. The standard InChI is InChI=1S/C17H31ClO4/c18-14-15(17(21)22)12-10-8-6-4-2-1-3-5-7-9-11-13-16(19)20/h15H,1-14H2,(H,19,20)(H,21,22). The molecule has 2 N–H and O–H groups in total. The molecule has 0 aliphatic rings. The summed E-state index contributed by atoms with van der Waals surface area (Å²) in [5.41, 5.74) is 0. The van der Waals surface area contributed by atoms with E-state index in [0.29, 0.717) is 12.8 Å². The van der Waals surface area contributed by atoms with Gasteiger partial charge in [0.15, 0.2) is 0 Å². The van der Waals surface area contributed by atoms with E-state index < -0.39 is 11.9 Å². The number of rotatable bonds is 16. The van der Waals surface area contributed by atoms with Crippen molar-refractivity contribution in [2.24, 2.45) is 5.92 Å². The molecule has 5 heteroatoms. The summed E-state index contributed by atoms with van der Waals surface area (Å²) < 4.78 is 0. The van der Waals surface area contributed by atoms with Gasteiger partial charge in [-0.1, -0.05) is 64.2 Å². The monoisotopic (exact) mass is 334 g/mol. The molecule has 0 saturated heterocycles. The van der Waals surface area contributed by atoms with E-state index in [9.17, 15) is 9.59 Å². The highest BCUT2D eigenvalue weighted by Crippen LogP contribution is 2.15. The Balaban J connectivity index is 3.17. The van der Waals surface area contributed by atoms with Gasteiger partial charge in [-0.05, 0) is 12.8 Å². The third-order valence-corrected chi connectivity index (χ3v) is 4.35. The van der Waals surface area contributed by atoms with Crippen LogP contribution in [-0.4, -0.2) is 28.0 Å². The van der Waals surface area contributed by atoms with E-state index in [0.717, 1.165) is 32.1 Å². The van der Waals surface area contributed by atoms with Crippen molar-refractivity contribution >= 4 is 23.5 Å². The number of carboxylic acids is 2. The number of hydrogen-bond acceptors (Lipinski definition) is 2. The second-order valence-corrected chi connectivity index (χ2v) is 6.32. The Kier molecular flexibility index (Phi) is 14.6. The van der Waals surface area contributed by atoms with Crippen molar-refractivity contribution in [2.45, 2.75) is 83.5 Å². The maximum absolute atomic E-state index is 10.8. The van der Waals surface area contributed by atoms with Gasteiger partial charge in [0.05, 0.1) is 5.92 Å². The fraction of sp³-hybridized carbons (Fsp3) is 0.882. The van der Waals surface area contributed by atoms with Gasteiger partial charge in [-0.15, -0.1) is 11.6 Å². The zero-order valence-electron chi connectivity index (χ0n) is 13.6. The van der Waals surface area contributed by atoms with Crippen molar-refractivity contribution < 1.29 is 19.8 Å². The average Bonchev–Trinajstić information content (AvgIpc) is 2.47. The van der Waals surface area contributed by atoms with E-state index in [1.54, 1.807) is 0 Å². The van der Waals surface area contributed by atoms with Gasteiger partial charge in [0.25, 0.3) is 0 Å². The van der Waals surface area contributed by atoms with Gasteiger partial charge in [0, 0.05) is 12.3 Å². The van der Waals surface area contributed by atoms with Crippen molar-refractivity contribution in [1.29, 1.82) is 0 Å². The van der Waals surface area contributed by atoms with Crippen molar-refractivity contribution in [1.82, 2.24) is 0 Å². The lowest BCUT2D eigenvalue weighted by Gasteiger charge is -2.07. The van der Waals surface area contributed by atoms with Gasteiger partial charge in [-0.2, -0.15) is 0 Å². The highest BCUT2D eigenvalue weighted by atomic mass is 35.5. The van der Waals surface area contributed by atoms with Gasteiger partial charge in [-0.25, -0.2) is 0 Å². The Morgan fingerprint density at radius 1 is 0.727 bits per heavy atom. The lowest BCUT2D eigenvalue weighted by atomic mass is 10.0. The first-order valence-corrected chi connectivity index (χ1v) is 9.12. The second kappa shape index (κ2) is 15.1. The zero-order valence-corrected chi connectivity index (χ0v) is 14.3. The number of unbranched alkanes of at least 4 members (excludes halogenated alkanes) is 10. The van der Waals surface area contributed by atoms with E-state index in [2.05, 4.69) is 0 Å². The van der Waals surface area contributed by atoms with Crippen LogP contribution in [0.3, 0.4) is 0 Å². The molecule has 0 spiro atoms. The third-order valence-electron chi connectivity index (χ3n) is 3.98. The molecule has 0 radical (unpaired) electrons. The molecule has 0 bridgehead atoms. The largest absolute Gasteiger partial charge is 0.481 e. The summed E-state index contributed by atoms with van der Waals surface area (Å²) in [7, 11) is 0. The smallest absolute Gasteiger partial charge is 0.307 e. The topological polar surface area (TPSA) is 74.6 Å². The van der Waals surface area contributed by atoms with Gasteiger partial charge >= 0.3 is 11.9 Å². The van der Waals surface area contributed by atoms with Crippen molar-refractivity contribution in [3.05, 3.63) is 0 Å². The lowest BCUT2D eigenvalue weighted by Crippen LogP contribution is -2.14. The molecule has 0 rings (SSSR count). The molecule has 0 aromatic carbocycles. The average molecular weight is 335 g/mol. The fourth-order valence-electron chi connectivity index (χ4n) is 2.52. The van der Waals surface area contributed by atoms with E-state index in [1.165, 1.54) is 38.5 Å². The molecule has 1 atom stereocenters. The molecule has 4 nitrogen and oxygen atoms in total. The van der Waals surface area contributed by atoms with E-state index in [-0.39, 0.29) is 11.8 Å². The van der Waals surface area contributed by atoms with Crippen LogP contribution >= 0.6 is 11.6 Å². The molecule has 0 aromatic rings. The zero-order chi connectivity index (χ0) is 16.6. The van der Waals surface area contributed by atoms with Gasteiger partial charge < -0.3 is 10.2 Å². The van der Waals surface area contributed by atoms with Crippen LogP contribution in [0.2, 0.25) is 0 Å². The molecular formula is C17H31ClO4. The highest BCUT2D eigenvalue weighted by Gasteiger charge is 2.14. The number of hydrogen-bond donors (Lipinski definition) is 2. The summed E-state index contributed by atoms with van der Waals surface area (Å²) in [6, 6.07) is 0. The van der Waals surface area contributed by atoms with Gasteiger partial charge in [-0.3, -0.25) is 9.59 Å². The molecule has 0 heterocycles. The maximum Gasteiger partial charge on any atom is 0.307 e. The van der Waals surface area contributed by atoms with Crippen LogP contribution in [0.15, 0.2) is 0 Å². The fourth-order valence-corrected chi connectivity index (χ4v) is 2.81. The van der Waals surface area contributed by atoms with Crippen LogP contribution in [0.1, 0.15) is 83.5 Å². The molecule has 0 aromatic heterocycles. The summed E-state index contributed by atoms with van der Waals surface area (Å²) in [6.07, 6.45) is 13.3. The summed E-state index contributed by atoms with van der Waals surface area (Å²) in [5.74, 6) is -1.65. The SMILES string of the molecule is O=C(O)CCCCCCCCCCCCCC(CCl)C(=O)O. The van der Waals surface area contributed by atoms with Crippen LogP contribution < -0.4 is 0 Å². The number of carbonyl (C=O) groups is 2. The van der Waals surface area contributed by atoms with E-state index in [1.807, 2.05) is 0 Å². The first kappa shape index (κ1) is 21.2. The molecular weight excluding hydrogens is 304 g/mol. The molecule has 1 unspecified atom stereocenters. The Labute approximate surface area is 139 Å². The molecule has 22 heavy (non-hydrogen) atoms. The Hall–Kier alpha value is -0.770. The van der Waals surface area contributed by atoms with Crippen molar-refractivity contribution in [3.63, 3.8) is 0 Å². The van der Waals surface area contributed by atoms with Crippen LogP contribution in [0, 0.1) is 5.92 Å². The molecule has 0 saturated carbocycles. The Bertz CT molecular complexity index is 294. The van der Waals surface area contributed by atoms with Crippen LogP contribution in [0.5, 0.6) is 0 Å². The first-order chi connectivity index (χ1) is 10.6. The van der Waals surface area contributed by atoms with E-state index >= 15 is 0 Å². The lowest BCUT2D eigenvalue weighted by molar-refractivity contribution is -0.141. The summed E-state index contributed by atoms with van der Waals surface area (Å²) in [4.78, 5) is 21.1. The third kappa shape index (κ3) is 14.2.